The van der Waals surface area contributed by atoms with Crippen molar-refractivity contribution in [1.82, 2.24) is 20.1 Å². The highest BCUT2D eigenvalue weighted by Crippen LogP contribution is 2.29. The fourth-order valence-electron chi connectivity index (χ4n) is 1.98. The number of hydrogen-bond donors (Lipinski definition) is 2. The molecule has 110 valence electrons. The maximum atomic E-state index is 11.7. The number of H-pyrrole nitrogens is 1. The highest BCUT2D eigenvalue weighted by molar-refractivity contribution is 7.99. The molecule has 21 heavy (non-hydrogen) atoms. The van der Waals surface area contributed by atoms with Crippen LogP contribution in [0.2, 0.25) is 0 Å². The Morgan fingerprint density at radius 2 is 2.29 bits per heavy atom. The maximum Gasteiger partial charge on any atom is 0.344 e. The van der Waals surface area contributed by atoms with Crippen molar-refractivity contribution in [3.05, 3.63) is 39.8 Å². The van der Waals surface area contributed by atoms with Gasteiger partial charge in [0.2, 0.25) is 0 Å². The number of aromatic nitrogens is 3. The fraction of sp³-hybridized carbons (Fsp3) is 0.357. The van der Waals surface area contributed by atoms with E-state index in [1.165, 1.54) is 11.8 Å². The van der Waals surface area contributed by atoms with Crippen LogP contribution in [0.3, 0.4) is 0 Å². The van der Waals surface area contributed by atoms with Crippen LogP contribution in [0.25, 0.3) is 0 Å². The predicted octanol–water partition coefficient (Wildman–Crippen LogP) is 1.89. The minimum Gasteiger partial charge on any atom is -0.316 e. The molecule has 0 aliphatic carbocycles. The third-order valence-corrected chi connectivity index (χ3v) is 3.98. The molecule has 1 heterocycles. The minimum atomic E-state index is -0.238. The van der Waals surface area contributed by atoms with Crippen molar-refractivity contribution in [3.63, 3.8) is 0 Å². The quantitative estimate of drug-likeness (QED) is 0.881. The van der Waals surface area contributed by atoms with E-state index in [2.05, 4.69) is 21.6 Å². The molecule has 2 rings (SSSR count). The summed E-state index contributed by atoms with van der Waals surface area (Å²) in [5.41, 5.74) is 1.39. The largest absolute Gasteiger partial charge is 0.344 e. The highest BCUT2D eigenvalue weighted by atomic mass is 32.2. The van der Waals surface area contributed by atoms with E-state index in [0.29, 0.717) is 17.3 Å². The van der Waals surface area contributed by atoms with Gasteiger partial charge in [0.1, 0.15) is 6.07 Å². The van der Waals surface area contributed by atoms with E-state index in [1.54, 1.807) is 4.57 Å². The van der Waals surface area contributed by atoms with Crippen molar-refractivity contribution in [2.75, 3.05) is 7.05 Å². The molecule has 0 bridgehead atoms. The molecule has 1 aromatic heterocycles. The number of nitrogens with zero attached hydrogens (tertiary/aromatic N) is 3. The van der Waals surface area contributed by atoms with Gasteiger partial charge in [-0.1, -0.05) is 6.07 Å². The van der Waals surface area contributed by atoms with Crippen LogP contribution in [0.15, 0.2) is 33.0 Å². The summed E-state index contributed by atoms with van der Waals surface area (Å²) in [6.45, 7) is 4.54. The van der Waals surface area contributed by atoms with Crippen molar-refractivity contribution in [3.8, 4) is 6.07 Å². The molecule has 0 radical (unpaired) electrons. The molecule has 7 heteroatoms. The van der Waals surface area contributed by atoms with Crippen LogP contribution in [-0.2, 0) is 6.54 Å². The molecule has 2 N–H and O–H groups in total. The predicted molar refractivity (Wildman–Crippen MR) is 81.3 cm³/mol. The summed E-state index contributed by atoms with van der Waals surface area (Å²) in [5.74, 6) is 0. The average Bonchev–Trinajstić information content (AvgIpc) is 2.81. The summed E-state index contributed by atoms with van der Waals surface area (Å²) in [6.07, 6.45) is 0. The van der Waals surface area contributed by atoms with Gasteiger partial charge < -0.3 is 5.32 Å². The van der Waals surface area contributed by atoms with Crippen LogP contribution in [-0.4, -0.2) is 21.8 Å². The maximum absolute atomic E-state index is 11.7. The number of aromatic amines is 1. The molecule has 0 aliphatic rings. The highest BCUT2D eigenvalue weighted by Gasteiger charge is 2.14. The number of rotatable bonds is 5. The second kappa shape index (κ2) is 6.61. The Balaban J connectivity index is 2.36. The van der Waals surface area contributed by atoms with Gasteiger partial charge in [0.15, 0.2) is 5.16 Å². The molecular weight excluding hydrogens is 286 g/mol. The van der Waals surface area contributed by atoms with Crippen molar-refractivity contribution >= 4 is 11.8 Å². The Hall–Kier alpha value is -2.04. The fourth-order valence-corrected chi connectivity index (χ4v) is 3.01. The van der Waals surface area contributed by atoms with Crippen LogP contribution in [0.4, 0.5) is 0 Å². The van der Waals surface area contributed by atoms with Gasteiger partial charge in [0, 0.05) is 17.5 Å². The number of nitriles is 1. The van der Waals surface area contributed by atoms with Gasteiger partial charge in [-0.05, 0) is 50.4 Å². The van der Waals surface area contributed by atoms with Crippen LogP contribution in [0, 0.1) is 11.3 Å². The monoisotopic (exact) mass is 303 g/mol. The van der Waals surface area contributed by atoms with Gasteiger partial charge in [-0.2, -0.15) is 5.26 Å². The summed E-state index contributed by atoms with van der Waals surface area (Å²) in [5, 5.41) is 19.4. The first-order chi connectivity index (χ1) is 10.1. The standard InChI is InChI=1S/C14H17N5OS/c1-9(2)19-13(20)17-18-14(19)21-12-5-4-10(8-16-3)6-11(12)7-15/h4-6,9,16H,8H2,1-3H3,(H,17,20). The van der Waals surface area contributed by atoms with E-state index < -0.39 is 0 Å². The molecule has 0 amide bonds. The van der Waals surface area contributed by atoms with Gasteiger partial charge in [0.25, 0.3) is 0 Å². The molecule has 0 saturated heterocycles. The lowest BCUT2D eigenvalue weighted by Gasteiger charge is -2.10. The first-order valence-electron chi connectivity index (χ1n) is 6.59. The molecule has 6 nitrogen and oxygen atoms in total. The Kier molecular flexibility index (Phi) is 4.83. The van der Waals surface area contributed by atoms with Crippen molar-refractivity contribution in [1.29, 1.82) is 5.26 Å². The molecule has 0 unspecified atom stereocenters. The van der Waals surface area contributed by atoms with Crippen LogP contribution < -0.4 is 11.0 Å². The zero-order valence-corrected chi connectivity index (χ0v) is 13.0. The molecule has 0 atom stereocenters. The Bertz CT molecular complexity index is 726. The van der Waals surface area contributed by atoms with Crippen molar-refractivity contribution in [2.45, 2.75) is 36.5 Å². The Labute approximate surface area is 127 Å². The van der Waals surface area contributed by atoms with Gasteiger partial charge >= 0.3 is 5.69 Å². The van der Waals surface area contributed by atoms with Gasteiger partial charge in [-0.25, -0.2) is 9.89 Å². The molecule has 0 spiro atoms. The summed E-state index contributed by atoms with van der Waals surface area (Å²) in [4.78, 5) is 12.5. The lowest BCUT2D eigenvalue weighted by Crippen LogP contribution is -2.19. The second-order valence-corrected chi connectivity index (χ2v) is 5.86. The molecule has 0 fully saturated rings. The van der Waals surface area contributed by atoms with Crippen LogP contribution in [0.5, 0.6) is 0 Å². The first-order valence-corrected chi connectivity index (χ1v) is 7.40. The topological polar surface area (TPSA) is 86.5 Å². The van der Waals surface area contributed by atoms with Gasteiger partial charge in [-0.15, -0.1) is 5.10 Å². The average molecular weight is 303 g/mol. The van der Waals surface area contributed by atoms with Gasteiger partial charge in [-0.3, -0.25) is 4.57 Å². The Morgan fingerprint density at radius 1 is 1.52 bits per heavy atom. The van der Waals surface area contributed by atoms with Crippen molar-refractivity contribution < 1.29 is 0 Å². The summed E-state index contributed by atoms with van der Waals surface area (Å²) >= 11 is 1.32. The Morgan fingerprint density at radius 3 is 2.90 bits per heavy atom. The summed E-state index contributed by atoms with van der Waals surface area (Å²) in [6, 6.07) is 7.90. The second-order valence-electron chi connectivity index (χ2n) is 4.85. The molecular formula is C14H17N5OS. The molecule has 0 aliphatic heterocycles. The molecule has 1 aromatic carbocycles. The number of benzene rings is 1. The van der Waals surface area contributed by atoms with E-state index in [1.807, 2.05) is 39.1 Å². The zero-order valence-electron chi connectivity index (χ0n) is 12.2. The smallest absolute Gasteiger partial charge is 0.316 e. The SMILES string of the molecule is CNCc1ccc(Sc2n[nH]c(=O)n2C(C)C)c(C#N)c1. The first kappa shape index (κ1) is 15.4. The number of hydrogen-bond acceptors (Lipinski definition) is 5. The van der Waals surface area contributed by atoms with Crippen LogP contribution in [0.1, 0.15) is 31.0 Å². The summed E-state index contributed by atoms with van der Waals surface area (Å²) < 4.78 is 1.58. The summed E-state index contributed by atoms with van der Waals surface area (Å²) in [7, 11) is 1.86. The lowest BCUT2D eigenvalue weighted by molar-refractivity contribution is 0.534. The third-order valence-electron chi connectivity index (χ3n) is 2.94. The number of nitrogens with one attached hydrogen (secondary N) is 2. The third kappa shape index (κ3) is 3.35. The molecule has 2 aromatic rings. The van der Waals surface area contributed by atoms with E-state index in [9.17, 15) is 10.1 Å². The van der Waals surface area contributed by atoms with Gasteiger partial charge in [0.05, 0.1) is 5.56 Å². The van der Waals surface area contributed by atoms with Crippen LogP contribution >= 0.6 is 11.8 Å². The van der Waals surface area contributed by atoms with Crippen molar-refractivity contribution in [2.24, 2.45) is 0 Å². The molecule has 0 saturated carbocycles. The minimum absolute atomic E-state index is 0.00727. The normalized spacial score (nSPS) is 10.8. The lowest BCUT2D eigenvalue weighted by atomic mass is 10.1. The van der Waals surface area contributed by atoms with E-state index >= 15 is 0 Å². The zero-order chi connectivity index (χ0) is 15.4. The van der Waals surface area contributed by atoms with E-state index in [0.717, 1.165) is 10.5 Å². The van der Waals surface area contributed by atoms with E-state index in [-0.39, 0.29) is 11.7 Å². The van der Waals surface area contributed by atoms with E-state index in [4.69, 9.17) is 0 Å².